The van der Waals surface area contributed by atoms with Gasteiger partial charge in [-0.15, -0.1) is 0 Å². The van der Waals surface area contributed by atoms with Crippen molar-refractivity contribution in [2.24, 2.45) is 5.92 Å². The van der Waals surface area contributed by atoms with E-state index in [9.17, 15) is 4.79 Å². The molecule has 0 aliphatic rings. The molecule has 0 spiro atoms. The predicted molar refractivity (Wildman–Crippen MR) is 74.3 cm³/mol. The second kappa shape index (κ2) is 7.93. The van der Waals surface area contributed by atoms with E-state index in [1.54, 1.807) is 0 Å². The molecular formula is C14H25N3O. The highest BCUT2D eigenvalue weighted by atomic mass is 16.1. The Morgan fingerprint density at radius 2 is 2.22 bits per heavy atom. The van der Waals surface area contributed by atoms with Gasteiger partial charge in [-0.2, -0.15) is 0 Å². The molecule has 4 heteroatoms. The summed E-state index contributed by atoms with van der Waals surface area (Å²) in [5, 5.41) is 6.07. The van der Waals surface area contributed by atoms with Crippen LogP contribution < -0.4 is 10.6 Å². The first-order valence-corrected chi connectivity index (χ1v) is 6.75. The van der Waals surface area contributed by atoms with E-state index in [2.05, 4.69) is 48.2 Å². The van der Waals surface area contributed by atoms with Gasteiger partial charge in [-0.05, 0) is 24.5 Å². The maximum absolute atomic E-state index is 11.5. The summed E-state index contributed by atoms with van der Waals surface area (Å²) in [7, 11) is 0. The van der Waals surface area contributed by atoms with E-state index in [-0.39, 0.29) is 5.91 Å². The van der Waals surface area contributed by atoms with E-state index in [1.807, 2.05) is 6.07 Å². The Hall–Kier alpha value is -1.29. The average Bonchev–Trinajstić information content (AvgIpc) is 2.75. The summed E-state index contributed by atoms with van der Waals surface area (Å²) in [4.78, 5) is 11.5. The first kappa shape index (κ1) is 14.8. The second-order valence-corrected chi connectivity index (χ2v) is 4.99. The molecule has 0 radical (unpaired) electrons. The minimum Gasteiger partial charge on any atom is -0.355 e. The van der Waals surface area contributed by atoms with E-state index in [4.69, 9.17) is 0 Å². The molecular weight excluding hydrogens is 226 g/mol. The summed E-state index contributed by atoms with van der Waals surface area (Å²) in [5.74, 6) is 0.563. The van der Waals surface area contributed by atoms with Gasteiger partial charge >= 0.3 is 0 Å². The highest BCUT2D eigenvalue weighted by molar-refractivity contribution is 5.77. The van der Waals surface area contributed by atoms with E-state index >= 15 is 0 Å². The lowest BCUT2D eigenvalue weighted by atomic mass is 10.2. The van der Waals surface area contributed by atoms with Gasteiger partial charge in [-0.1, -0.05) is 20.8 Å². The van der Waals surface area contributed by atoms with Gasteiger partial charge in [0.15, 0.2) is 0 Å². The van der Waals surface area contributed by atoms with Crippen LogP contribution in [0.2, 0.25) is 0 Å². The molecule has 1 heterocycles. The van der Waals surface area contributed by atoms with Gasteiger partial charge in [-0.3, -0.25) is 4.79 Å². The van der Waals surface area contributed by atoms with Crippen molar-refractivity contribution in [3.8, 4) is 0 Å². The SMILES string of the molecule is CCCn1cccc1CNCC(=O)NCC(C)C. The van der Waals surface area contributed by atoms with Crippen LogP contribution in [-0.2, 0) is 17.9 Å². The fraction of sp³-hybridized carbons (Fsp3) is 0.643. The number of aromatic nitrogens is 1. The van der Waals surface area contributed by atoms with Crippen LogP contribution in [0, 0.1) is 5.92 Å². The van der Waals surface area contributed by atoms with E-state index < -0.39 is 0 Å². The first-order chi connectivity index (χ1) is 8.63. The van der Waals surface area contributed by atoms with Crippen LogP contribution in [0.4, 0.5) is 0 Å². The first-order valence-electron chi connectivity index (χ1n) is 6.75. The molecule has 18 heavy (non-hydrogen) atoms. The number of amides is 1. The largest absolute Gasteiger partial charge is 0.355 e. The lowest BCUT2D eigenvalue weighted by Crippen LogP contribution is -2.35. The molecule has 0 fully saturated rings. The Morgan fingerprint density at radius 1 is 1.44 bits per heavy atom. The van der Waals surface area contributed by atoms with E-state index in [1.165, 1.54) is 5.69 Å². The van der Waals surface area contributed by atoms with Crippen LogP contribution in [0.15, 0.2) is 18.3 Å². The van der Waals surface area contributed by atoms with Crippen LogP contribution in [0.5, 0.6) is 0 Å². The van der Waals surface area contributed by atoms with Crippen molar-refractivity contribution in [3.05, 3.63) is 24.0 Å². The van der Waals surface area contributed by atoms with Gasteiger partial charge in [0.05, 0.1) is 6.54 Å². The van der Waals surface area contributed by atoms with Crippen molar-refractivity contribution in [3.63, 3.8) is 0 Å². The van der Waals surface area contributed by atoms with Crippen LogP contribution in [0.1, 0.15) is 32.9 Å². The van der Waals surface area contributed by atoms with Crippen LogP contribution in [0.25, 0.3) is 0 Å². The third-order valence-corrected chi connectivity index (χ3v) is 2.69. The molecule has 0 saturated carbocycles. The fourth-order valence-corrected chi connectivity index (χ4v) is 1.75. The molecule has 0 saturated heterocycles. The summed E-state index contributed by atoms with van der Waals surface area (Å²) in [5.41, 5.74) is 1.23. The second-order valence-electron chi connectivity index (χ2n) is 4.99. The standard InChI is InChI=1S/C14H25N3O/c1-4-7-17-8-5-6-13(17)10-15-11-14(18)16-9-12(2)3/h5-6,8,12,15H,4,7,9-11H2,1-3H3,(H,16,18). The van der Waals surface area contributed by atoms with Gasteiger partial charge < -0.3 is 15.2 Å². The molecule has 1 aromatic heterocycles. The number of carbonyl (C=O) groups excluding carboxylic acids is 1. The zero-order valence-electron chi connectivity index (χ0n) is 11.7. The number of rotatable bonds is 8. The Kier molecular flexibility index (Phi) is 6.50. The van der Waals surface area contributed by atoms with Gasteiger partial charge in [0, 0.05) is 31.5 Å². The van der Waals surface area contributed by atoms with Crippen molar-refractivity contribution >= 4 is 5.91 Å². The van der Waals surface area contributed by atoms with Gasteiger partial charge in [-0.25, -0.2) is 0 Å². The van der Waals surface area contributed by atoms with Gasteiger partial charge in [0.25, 0.3) is 0 Å². The zero-order valence-corrected chi connectivity index (χ0v) is 11.7. The Morgan fingerprint density at radius 3 is 2.89 bits per heavy atom. The molecule has 4 nitrogen and oxygen atoms in total. The topological polar surface area (TPSA) is 46.1 Å². The molecule has 0 atom stereocenters. The number of hydrogen-bond donors (Lipinski definition) is 2. The van der Waals surface area contributed by atoms with E-state index in [0.29, 0.717) is 12.5 Å². The Bertz CT molecular complexity index is 358. The molecule has 102 valence electrons. The molecule has 0 bridgehead atoms. The maximum atomic E-state index is 11.5. The molecule has 0 unspecified atom stereocenters. The smallest absolute Gasteiger partial charge is 0.233 e. The Labute approximate surface area is 110 Å². The van der Waals surface area contributed by atoms with Crippen LogP contribution in [0.3, 0.4) is 0 Å². The monoisotopic (exact) mass is 251 g/mol. The summed E-state index contributed by atoms with van der Waals surface area (Å²) >= 11 is 0. The summed E-state index contributed by atoms with van der Waals surface area (Å²) in [6, 6.07) is 4.14. The minimum absolute atomic E-state index is 0.0669. The number of nitrogens with zero attached hydrogens (tertiary/aromatic N) is 1. The molecule has 1 aromatic rings. The number of aryl methyl sites for hydroxylation is 1. The van der Waals surface area contributed by atoms with Gasteiger partial charge in [0.1, 0.15) is 0 Å². The third-order valence-electron chi connectivity index (χ3n) is 2.69. The lowest BCUT2D eigenvalue weighted by molar-refractivity contribution is -0.120. The highest BCUT2D eigenvalue weighted by Gasteiger charge is 2.03. The molecule has 0 aromatic carbocycles. The lowest BCUT2D eigenvalue weighted by Gasteiger charge is -2.10. The van der Waals surface area contributed by atoms with E-state index in [0.717, 1.165) is 26.1 Å². The van der Waals surface area contributed by atoms with Crippen molar-refractivity contribution in [2.45, 2.75) is 40.3 Å². The molecule has 2 N–H and O–H groups in total. The Balaban J connectivity index is 2.24. The van der Waals surface area contributed by atoms with Crippen molar-refractivity contribution in [1.29, 1.82) is 0 Å². The van der Waals surface area contributed by atoms with Crippen molar-refractivity contribution < 1.29 is 4.79 Å². The molecule has 0 aliphatic heterocycles. The van der Waals surface area contributed by atoms with Gasteiger partial charge in [0.2, 0.25) is 5.91 Å². The summed E-state index contributed by atoms with van der Waals surface area (Å²) < 4.78 is 2.22. The minimum atomic E-state index is 0.0669. The molecule has 1 rings (SSSR count). The fourth-order valence-electron chi connectivity index (χ4n) is 1.75. The maximum Gasteiger partial charge on any atom is 0.233 e. The number of hydrogen-bond acceptors (Lipinski definition) is 2. The number of carbonyl (C=O) groups is 1. The number of nitrogens with one attached hydrogen (secondary N) is 2. The van der Waals surface area contributed by atoms with Crippen LogP contribution >= 0.6 is 0 Å². The average molecular weight is 251 g/mol. The zero-order chi connectivity index (χ0) is 13.4. The van der Waals surface area contributed by atoms with Crippen molar-refractivity contribution in [2.75, 3.05) is 13.1 Å². The predicted octanol–water partition coefficient (Wildman–Crippen LogP) is 1.76. The third kappa shape index (κ3) is 5.36. The molecule has 0 aliphatic carbocycles. The van der Waals surface area contributed by atoms with Crippen LogP contribution in [-0.4, -0.2) is 23.6 Å². The highest BCUT2D eigenvalue weighted by Crippen LogP contribution is 2.02. The quantitative estimate of drug-likeness (QED) is 0.739. The molecule has 1 amide bonds. The van der Waals surface area contributed by atoms with Crippen molar-refractivity contribution in [1.82, 2.24) is 15.2 Å². The normalized spacial score (nSPS) is 10.9. The summed E-state index contributed by atoms with van der Waals surface area (Å²) in [6.07, 6.45) is 3.20. The summed E-state index contributed by atoms with van der Waals surface area (Å²) in [6.45, 7) is 9.23.